The van der Waals surface area contributed by atoms with E-state index in [1.165, 1.54) is 24.3 Å². The first-order chi connectivity index (χ1) is 61.7. The van der Waals surface area contributed by atoms with Crippen LogP contribution in [0.2, 0.25) is 0 Å². The number of rotatable bonds is 68. The Kier molecular flexibility index (Phi) is 62.7. The first-order valence-corrected chi connectivity index (χ1v) is 43.1. The van der Waals surface area contributed by atoms with E-state index in [0.717, 1.165) is 12.1 Å². The van der Waals surface area contributed by atoms with Crippen molar-refractivity contribution in [3.8, 4) is 23.0 Å². The number of ketones is 2. The van der Waals surface area contributed by atoms with Gasteiger partial charge in [0, 0.05) is 57.7 Å². The molecule has 0 radical (unpaired) electrons. The van der Waals surface area contributed by atoms with Crippen LogP contribution in [0.3, 0.4) is 0 Å². The molecule has 748 valence electrons. The molecule has 35 nitrogen and oxygen atoms in total. The van der Waals surface area contributed by atoms with Gasteiger partial charge in [-0.25, -0.2) is 32.8 Å². The van der Waals surface area contributed by atoms with E-state index < -0.39 is 123 Å². The molecular formula is C92H139ClF4N4O31. The zero-order valence-corrected chi connectivity index (χ0v) is 78.2. The van der Waals surface area contributed by atoms with Gasteiger partial charge in [-0.1, -0.05) is 43.8 Å². The number of ether oxygens (including phenoxy) is 20. The Morgan fingerprint density at radius 2 is 0.697 bits per heavy atom. The van der Waals surface area contributed by atoms with Gasteiger partial charge >= 0.3 is 35.9 Å². The van der Waals surface area contributed by atoms with Gasteiger partial charge in [0.15, 0.2) is 37.2 Å². The summed E-state index contributed by atoms with van der Waals surface area (Å²) >= 11 is 0. The fourth-order valence-electron chi connectivity index (χ4n) is 10.8. The number of carboxylic acids is 1. The van der Waals surface area contributed by atoms with Gasteiger partial charge in [0.2, 0.25) is 29.2 Å². The predicted molar refractivity (Wildman–Crippen MR) is 468 cm³/mol. The molecule has 40 heteroatoms. The molecule has 3 atom stereocenters. The number of alkyl carbamates (subject to hydrolysis) is 1. The maximum Gasteiger partial charge on any atom is 0.407 e. The van der Waals surface area contributed by atoms with Gasteiger partial charge in [0.1, 0.15) is 51.5 Å². The minimum Gasteiger partial charge on any atom is -1.00 e. The topological polar surface area (TPSA) is 439 Å². The molecule has 0 saturated carbocycles. The van der Waals surface area contributed by atoms with Crippen molar-refractivity contribution in [2.45, 2.75) is 183 Å². The Balaban J connectivity index is 0.00000182. The first-order valence-electron chi connectivity index (χ1n) is 43.1. The number of nitrogens with one attached hydrogen (secondary N) is 3. The van der Waals surface area contributed by atoms with Gasteiger partial charge in [-0.3, -0.25) is 24.0 Å². The van der Waals surface area contributed by atoms with E-state index in [1.807, 2.05) is 0 Å². The summed E-state index contributed by atoms with van der Waals surface area (Å²) in [5.41, 5.74) is 2.99. The van der Waals surface area contributed by atoms with E-state index in [9.17, 15) is 70.6 Å². The average Bonchev–Trinajstić information content (AvgIpc) is 0.810. The van der Waals surface area contributed by atoms with Crippen LogP contribution in [-0.4, -0.2) is 290 Å². The number of quaternary nitrogens is 1. The van der Waals surface area contributed by atoms with Gasteiger partial charge in [-0.15, -0.1) is 0 Å². The summed E-state index contributed by atoms with van der Waals surface area (Å²) in [5, 5.41) is 17.5. The Bertz CT molecular complexity index is 3920. The monoisotopic (exact) mass is 1910 g/mol. The summed E-state index contributed by atoms with van der Waals surface area (Å²) in [7, 11) is 0. The van der Waals surface area contributed by atoms with E-state index in [2.05, 4.69) is 21.7 Å². The van der Waals surface area contributed by atoms with Crippen LogP contribution in [-0.2, 0) is 138 Å². The van der Waals surface area contributed by atoms with Crippen molar-refractivity contribution in [3.63, 3.8) is 0 Å². The van der Waals surface area contributed by atoms with Gasteiger partial charge in [0.25, 0.3) is 0 Å². The SMILES string of the molecule is C.CC(C)(C)OC(=O)COc1ccc(CC(CC(=O)CCOCCOCCOCCOCCCC(=O)C(Cc2ccc(OCC(=O)OC(C)(C)C)cc2)NC(=O)CCOCCOCCOCCOCCNC(=O)OC(C)(C)C)C(=O)Oc2c(F)c(F)cc(F)c2F)cc1.CC(C)(C)OC(=O)COc1ccc(CC(NC(=O)CCOCCOCCOCCOCC[NH3+])C(=O)O)cc1.[Cl-]. The van der Waals surface area contributed by atoms with E-state index in [-0.39, 0.29) is 187 Å². The maximum absolute atomic E-state index is 14.5. The van der Waals surface area contributed by atoms with Crippen molar-refractivity contribution >= 4 is 59.3 Å². The number of hydrogen-bond acceptors (Lipinski definition) is 30. The Morgan fingerprint density at radius 3 is 1.05 bits per heavy atom. The number of aliphatic carboxylic acids is 1. The van der Waals surface area contributed by atoms with E-state index in [0.29, 0.717) is 115 Å². The average molecular weight is 1910 g/mol. The van der Waals surface area contributed by atoms with Crippen LogP contribution in [0.5, 0.6) is 23.0 Å². The summed E-state index contributed by atoms with van der Waals surface area (Å²) in [6.45, 7) is 28.1. The fourth-order valence-corrected chi connectivity index (χ4v) is 10.8. The molecule has 0 aliphatic carbocycles. The van der Waals surface area contributed by atoms with Gasteiger partial charge in [0.05, 0.1) is 170 Å². The summed E-state index contributed by atoms with van der Waals surface area (Å²) < 4.78 is 165. The molecule has 0 aliphatic rings. The van der Waals surface area contributed by atoms with E-state index >= 15 is 0 Å². The van der Waals surface area contributed by atoms with Crippen molar-refractivity contribution in [3.05, 3.63) is 119 Å². The molecule has 3 amide bonds. The number of amides is 3. The van der Waals surface area contributed by atoms with Crippen LogP contribution in [0.25, 0.3) is 0 Å². The lowest BCUT2D eigenvalue weighted by Gasteiger charge is -2.20. The van der Waals surface area contributed by atoms with Crippen LogP contribution < -0.4 is 53.0 Å². The molecule has 4 aromatic carbocycles. The summed E-state index contributed by atoms with van der Waals surface area (Å²) in [4.78, 5) is 124. The highest BCUT2D eigenvalue weighted by atomic mass is 35.5. The molecule has 7 N–H and O–H groups in total. The van der Waals surface area contributed by atoms with Crippen molar-refractivity contribution in [2.75, 3.05) is 191 Å². The van der Waals surface area contributed by atoms with Gasteiger partial charge in [-0.05, 0) is 155 Å². The third-order valence-corrected chi connectivity index (χ3v) is 16.6. The minimum atomic E-state index is -1.92. The number of benzene rings is 4. The molecule has 0 spiro atoms. The highest BCUT2D eigenvalue weighted by Crippen LogP contribution is 2.29. The van der Waals surface area contributed by atoms with Crippen molar-refractivity contribution in [1.82, 2.24) is 16.0 Å². The Hall–Kier alpha value is -9.33. The predicted octanol–water partition coefficient (Wildman–Crippen LogP) is 5.78. The number of hydrogen-bond donors (Lipinski definition) is 5. The molecule has 0 aliphatic heterocycles. The highest BCUT2D eigenvalue weighted by molar-refractivity contribution is 5.89. The molecule has 0 aromatic heterocycles. The largest absolute Gasteiger partial charge is 1.00 e. The summed E-state index contributed by atoms with van der Waals surface area (Å²) in [5.74, 6) is -14.8. The van der Waals surface area contributed by atoms with Crippen LogP contribution in [0.4, 0.5) is 22.4 Å². The Morgan fingerprint density at radius 1 is 0.386 bits per heavy atom. The number of carbonyl (C=O) groups excluding carboxylic acids is 9. The first kappa shape index (κ1) is 121. The lowest BCUT2D eigenvalue weighted by Crippen LogP contribution is -3.00. The normalized spacial score (nSPS) is 12.1. The molecule has 4 rings (SSSR count). The number of halogens is 5. The molecule has 0 bridgehead atoms. The second-order valence-corrected chi connectivity index (χ2v) is 32.9. The molecule has 0 saturated heterocycles. The number of carboxylic acid groups (broad SMARTS) is 1. The summed E-state index contributed by atoms with van der Waals surface area (Å²) in [6, 6.07) is 17.5. The van der Waals surface area contributed by atoms with Crippen LogP contribution in [0.1, 0.15) is 146 Å². The van der Waals surface area contributed by atoms with Crippen LogP contribution in [0, 0.1) is 29.2 Å². The van der Waals surface area contributed by atoms with Crippen LogP contribution in [0.15, 0.2) is 78.9 Å². The number of carbonyl (C=O) groups is 10. The number of Topliss-reactive ketones (excluding diaryl/α,β-unsaturated/α-hetero) is 2. The van der Waals surface area contributed by atoms with E-state index in [1.54, 1.807) is 132 Å². The molecule has 0 fully saturated rings. The van der Waals surface area contributed by atoms with Gasteiger partial charge < -0.3 is 134 Å². The molecular weight excluding hydrogens is 1770 g/mol. The third-order valence-electron chi connectivity index (χ3n) is 16.6. The zero-order chi connectivity index (χ0) is 96.2. The zero-order valence-electron chi connectivity index (χ0n) is 77.4. The highest BCUT2D eigenvalue weighted by Gasteiger charge is 2.31. The fraction of sp³-hybridized carbons (Fsp3) is 0.630. The lowest BCUT2D eigenvalue weighted by molar-refractivity contribution is -0.374. The smallest absolute Gasteiger partial charge is 0.407 e. The standard InChI is InChI=1S/C65H92F4N2O21.C26H42N2O10.CH4.ClH/c1-63(2,3)90-56(75)43-87-49-16-12-45(13-17-49)39-47(61(77)89-60-58(68)51(66)42-52(67)59(60)69)41-48(72)20-24-80-28-32-84-36-35-83-31-27-79-23-10-11-54(73)53(40-46-14-18-50(19-15-46)88-44-57(76)91-64(4,5)6)71-55(74)21-25-81-29-33-85-37-38-86-34-30-82-26-22-70-62(78)92-65(7,8)9;1-26(2,3)38-24(30)19-37-21-6-4-20(5-7-21)18-22(25(31)32)28-23(29)8-10-33-12-14-35-16-17-36-15-13-34-11-9-27;;/h12-19,42,47,53H,10-11,20-41,43-44H2,1-9H3,(H,70,78)(H,71,74);4-7,22H,8-19,27H2,1-3H3,(H,28,29)(H,31,32);1H4;1H. The van der Waals surface area contributed by atoms with Crippen molar-refractivity contribution in [2.24, 2.45) is 5.92 Å². The second kappa shape index (κ2) is 68.6. The quantitative estimate of drug-likeness (QED) is 0.00873. The van der Waals surface area contributed by atoms with E-state index in [4.69, 9.17) is 94.7 Å². The molecule has 3 unspecified atom stereocenters. The molecule has 4 aromatic rings. The lowest BCUT2D eigenvalue weighted by atomic mass is 9.93. The Labute approximate surface area is 777 Å². The third kappa shape index (κ3) is 62.2. The van der Waals surface area contributed by atoms with Crippen molar-refractivity contribution < 1.29 is 183 Å². The van der Waals surface area contributed by atoms with Crippen LogP contribution >= 0.6 is 0 Å². The molecule has 0 heterocycles. The van der Waals surface area contributed by atoms with Gasteiger partial charge in [-0.2, -0.15) is 8.78 Å². The maximum atomic E-state index is 14.5. The summed E-state index contributed by atoms with van der Waals surface area (Å²) in [6.07, 6.45) is -0.583. The second-order valence-electron chi connectivity index (χ2n) is 32.9. The van der Waals surface area contributed by atoms with Crippen molar-refractivity contribution in [1.29, 1.82) is 0 Å². The minimum absolute atomic E-state index is 0. The molecule has 132 heavy (non-hydrogen) atoms. The number of esters is 4.